The van der Waals surface area contributed by atoms with Crippen LogP contribution in [0.4, 0.5) is 22.7 Å². The third kappa shape index (κ3) is 8.59. The smallest absolute Gasteiger partial charge is 0.219 e. The van der Waals surface area contributed by atoms with E-state index >= 15 is 0 Å². The third-order valence-corrected chi connectivity index (χ3v) is 15.0. The highest BCUT2D eigenvalue weighted by molar-refractivity contribution is 8.04. The summed E-state index contributed by atoms with van der Waals surface area (Å²) in [4.78, 5) is 9.70. The standard InChI is InChI=1S/C29H30N2S.C28H27N2S/c1-4-5-13-24-20-22(21-29(2)30(3)27-18-11-12-19-28(27)32-29)25-16-9-10-17-26(25)31(24)23-14-7-6-8-15-23;1-3-4-12-23-19-21(20-28-29(2)26-17-10-11-18-27(26)31-28)24-15-8-9-16-25(24)30(23)22-13-6-5-7-14-22/h6-12,14-21H,4-5,13H2,1-3H3;5-11,13-20H,3-4,12H2,1-2H3/q;+1/b22-21-;. The lowest BCUT2D eigenvalue weighted by molar-refractivity contribution is -0.576. The van der Waals surface area contributed by atoms with Gasteiger partial charge in [0.25, 0.3) is 0 Å². The Bertz CT molecular complexity index is 2830. The normalized spacial score (nSPS) is 17.7. The number of likely N-dealkylation sites (N-methyl/N-ethyl adjacent to an activating group) is 1. The van der Waals surface area contributed by atoms with Crippen LogP contribution in [-0.2, 0) is 6.42 Å². The number of unbranched alkanes of at least 4 members (excludes halogenated alkanes) is 2. The molecule has 63 heavy (non-hydrogen) atoms. The first kappa shape index (κ1) is 42.4. The number of para-hydroxylation sites is 6. The molecule has 10 rings (SSSR count). The van der Waals surface area contributed by atoms with Crippen molar-refractivity contribution in [1.82, 2.24) is 0 Å². The Morgan fingerprint density at radius 3 is 1.98 bits per heavy atom. The topological polar surface area (TPSA) is 13.6 Å². The molecule has 0 spiro atoms. The van der Waals surface area contributed by atoms with Crippen molar-refractivity contribution < 1.29 is 4.57 Å². The molecule has 0 radical (unpaired) electrons. The van der Waals surface area contributed by atoms with Crippen LogP contribution in [-0.4, -0.2) is 19.0 Å². The molecule has 3 aliphatic heterocycles. The molecule has 0 fully saturated rings. The molecule has 316 valence electrons. The number of fused-ring (bicyclic) bond motifs is 4. The lowest BCUT2D eigenvalue weighted by atomic mass is 9.93. The van der Waals surface area contributed by atoms with Crippen molar-refractivity contribution in [2.24, 2.45) is 0 Å². The summed E-state index contributed by atoms with van der Waals surface area (Å²) in [5.41, 5.74) is 14.2. The van der Waals surface area contributed by atoms with Crippen molar-refractivity contribution in [2.45, 2.75) is 74.0 Å². The summed E-state index contributed by atoms with van der Waals surface area (Å²) >= 11 is 3.79. The molecule has 1 atom stereocenters. The van der Waals surface area contributed by atoms with E-state index in [1.807, 2.05) is 23.5 Å². The minimum atomic E-state index is -0.132. The van der Waals surface area contributed by atoms with E-state index in [2.05, 4.69) is 236 Å². The summed E-state index contributed by atoms with van der Waals surface area (Å²) in [5.74, 6) is 0. The van der Waals surface area contributed by atoms with Gasteiger partial charge in [0.05, 0.1) is 27.5 Å². The Hall–Kier alpha value is -5.95. The van der Waals surface area contributed by atoms with Crippen molar-refractivity contribution in [1.29, 1.82) is 0 Å². The number of benzene rings is 6. The first-order valence-corrected chi connectivity index (χ1v) is 24.1. The van der Waals surface area contributed by atoms with Gasteiger partial charge in [-0.15, -0.1) is 0 Å². The maximum absolute atomic E-state index is 2.46. The molecule has 0 N–H and O–H groups in total. The lowest BCUT2D eigenvalue weighted by Crippen LogP contribution is -2.37. The van der Waals surface area contributed by atoms with Gasteiger partial charge < -0.3 is 14.7 Å². The van der Waals surface area contributed by atoms with Crippen LogP contribution >= 0.6 is 23.5 Å². The maximum atomic E-state index is 2.46. The van der Waals surface area contributed by atoms with E-state index in [4.69, 9.17) is 0 Å². The highest BCUT2D eigenvalue weighted by atomic mass is 32.2. The number of hydrogen-bond donors (Lipinski definition) is 0. The average Bonchev–Trinajstić information content (AvgIpc) is 3.78. The molecule has 0 bridgehead atoms. The van der Waals surface area contributed by atoms with E-state index in [0.29, 0.717) is 0 Å². The van der Waals surface area contributed by atoms with Crippen molar-refractivity contribution in [3.05, 3.63) is 203 Å². The van der Waals surface area contributed by atoms with Gasteiger partial charge in [-0.2, -0.15) is 4.57 Å². The quantitative estimate of drug-likeness (QED) is 0.127. The van der Waals surface area contributed by atoms with E-state index < -0.39 is 0 Å². The van der Waals surface area contributed by atoms with Gasteiger partial charge >= 0.3 is 0 Å². The van der Waals surface area contributed by atoms with E-state index in [0.717, 1.165) is 12.8 Å². The molecule has 3 aliphatic rings. The minimum absolute atomic E-state index is 0.132. The van der Waals surface area contributed by atoms with Gasteiger partial charge in [-0.05, 0) is 104 Å². The molecule has 6 aromatic carbocycles. The molecule has 4 nitrogen and oxygen atoms in total. The predicted octanol–water partition coefficient (Wildman–Crippen LogP) is 15.3. The maximum Gasteiger partial charge on any atom is 0.219 e. The van der Waals surface area contributed by atoms with Gasteiger partial charge in [-0.25, -0.2) is 0 Å². The molecule has 1 unspecified atom stereocenters. The Morgan fingerprint density at radius 1 is 0.635 bits per heavy atom. The second-order valence-corrected chi connectivity index (χ2v) is 19.2. The first-order chi connectivity index (χ1) is 30.9. The molecular formula is C57H57N4S2+. The zero-order chi connectivity index (χ0) is 43.3. The fourth-order valence-electron chi connectivity index (χ4n) is 9.01. The number of thioether (sulfide) groups is 2. The SMILES string of the molecule is CCCCC1=C/C(=C/C2(C)Sc3ccccc3N2C)c2ccccc2N1c1ccccc1.CCCCc1cc(C=C2Sc3ccccc3N2C)c2ccccc2[n+]1-c1ccccc1. The zero-order valence-electron chi connectivity index (χ0n) is 37.2. The fourth-order valence-corrected chi connectivity index (χ4v) is 11.4. The van der Waals surface area contributed by atoms with E-state index in [-0.39, 0.29) is 4.87 Å². The van der Waals surface area contributed by atoms with Crippen LogP contribution < -0.4 is 19.3 Å². The van der Waals surface area contributed by atoms with Crippen molar-refractivity contribution in [3.63, 3.8) is 0 Å². The molecule has 0 saturated heterocycles. The van der Waals surface area contributed by atoms with Crippen LogP contribution in [0.15, 0.2) is 196 Å². The summed E-state index contributed by atoms with van der Waals surface area (Å²) in [5, 5.41) is 2.55. The number of anilines is 4. The summed E-state index contributed by atoms with van der Waals surface area (Å²) in [7, 11) is 4.38. The van der Waals surface area contributed by atoms with Crippen LogP contribution in [0.1, 0.15) is 69.7 Å². The Labute approximate surface area is 383 Å². The second-order valence-electron chi connectivity index (χ2n) is 16.7. The Kier molecular flexibility index (Phi) is 12.6. The lowest BCUT2D eigenvalue weighted by Gasteiger charge is -2.36. The molecule has 4 heterocycles. The monoisotopic (exact) mass is 861 g/mol. The summed E-state index contributed by atoms with van der Waals surface area (Å²) in [6.45, 7) is 6.86. The first-order valence-electron chi connectivity index (χ1n) is 22.5. The van der Waals surface area contributed by atoms with Crippen molar-refractivity contribution >= 4 is 68.8 Å². The summed E-state index contributed by atoms with van der Waals surface area (Å²) < 4.78 is 2.44. The number of pyridine rings is 1. The van der Waals surface area contributed by atoms with Gasteiger partial charge in [0, 0.05) is 71.5 Å². The molecule has 1 aromatic heterocycles. The molecular weight excluding hydrogens is 805 g/mol. The molecule has 0 saturated carbocycles. The van der Waals surface area contributed by atoms with Gasteiger partial charge in [-0.3, -0.25) is 0 Å². The summed E-state index contributed by atoms with van der Waals surface area (Å²) in [6, 6.07) is 58.9. The Morgan fingerprint density at radius 2 is 1.25 bits per heavy atom. The average molecular weight is 862 g/mol. The van der Waals surface area contributed by atoms with Crippen molar-refractivity contribution in [2.75, 3.05) is 28.8 Å². The Balaban J connectivity index is 0.000000160. The largest absolute Gasteiger partial charge is 0.356 e. The fraction of sp³-hybridized carbons (Fsp3) is 0.211. The van der Waals surface area contributed by atoms with Gasteiger partial charge in [0.15, 0.2) is 5.69 Å². The van der Waals surface area contributed by atoms with E-state index in [1.165, 1.54) is 108 Å². The van der Waals surface area contributed by atoms with E-state index in [9.17, 15) is 0 Å². The highest BCUT2D eigenvalue weighted by Crippen LogP contribution is 2.52. The predicted molar refractivity (Wildman–Crippen MR) is 272 cm³/mol. The third-order valence-electron chi connectivity index (χ3n) is 12.4. The minimum Gasteiger partial charge on any atom is -0.356 e. The zero-order valence-corrected chi connectivity index (χ0v) is 38.8. The van der Waals surface area contributed by atoms with Crippen LogP contribution in [0.2, 0.25) is 0 Å². The summed E-state index contributed by atoms with van der Waals surface area (Å²) in [6.07, 6.45) is 14.1. The molecule has 0 aliphatic carbocycles. The van der Waals surface area contributed by atoms with Gasteiger partial charge in [0.2, 0.25) is 11.2 Å². The highest BCUT2D eigenvalue weighted by Gasteiger charge is 2.38. The van der Waals surface area contributed by atoms with Crippen LogP contribution in [0.25, 0.3) is 28.2 Å². The molecule has 7 aromatic rings. The molecule has 0 amide bonds. The number of nitrogens with zero attached hydrogens (tertiary/aromatic N) is 4. The van der Waals surface area contributed by atoms with Gasteiger partial charge in [-0.1, -0.05) is 141 Å². The molecule has 6 heteroatoms. The van der Waals surface area contributed by atoms with Crippen LogP contribution in [0.3, 0.4) is 0 Å². The van der Waals surface area contributed by atoms with E-state index in [1.54, 1.807) is 0 Å². The van der Waals surface area contributed by atoms with Crippen LogP contribution in [0.5, 0.6) is 0 Å². The number of aromatic nitrogens is 1. The van der Waals surface area contributed by atoms with Crippen LogP contribution in [0, 0.1) is 0 Å². The second kappa shape index (κ2) is 18.8. The number of allylic oxidation sites excluding steroid dienone is 3. The van der Waals surface area contributed by atoms with Crippen molar-refractivity contribution in [3.8, 4) is 5.69 Å². The number of rotatable bonds is 10. The number of aryl methyl sites for hydroxylation is 1. The van der Waals surface area contributed by atoms with Gasteiger partial charge in [0.1, 0.15) is 4.87 Å². The number of hydrogen-bond acceptors (Lipinski definition) is 5.